The molecule has 0 aromatic rings. The maximum absolute atomic E-state index is 11.8. The van der Waals surface area contributed by atoms with Crippen LogP contribution in [0.3, 0.4) is 0 Å². The molecular weight excluding hydrogens is 136 g/mol. The van der Waals surface area contributed by atoms with Crippen molar-refractivity contribution in [3.05, 3.63) is 0 Å². The standard InChI is InChI=1S/C7H13F2N/c1-5-3-10(6(5)2)4-7(8)9/h5-7H,3-4H2,1-2H3. The minimum absolute atomic E-state index is 0.0501. The van der Waals surface area contributed by atoms with Crippen LogP contribution in [0.2, 0.25) is 0 Å². The average molecular weight is 149 g/mol. The summed E-state index contributed by atoms with van der Waals surface area (Å²) in [5.74, 6) is 0.596. The fraction of sp³-hybridized carbons (Fsp3) is 1.00. The summed E-state index contributed by atoms with van der Waals surface area (Å²) in [6, 6.07) is 0.356. The molecule has 0 bridgehead atoms. The van der Waals surface area contributed by atoms with E-state index in [1.807, 2.05) is 11.8 Å². The zero-order valence-corrected chi connectivity index (χ0v) is 6.35. The summed E-state index contributed by atoms with van der Waals surface area (Å²) in [6.07, 6.45) is -2.17. The second-order valence-electron chi connectivity index (χ2n) is 3.06. The van der Waals surface area contributed by atoms with Crippen molar-refractivity contribution in [2.45, 2.75) is 26.3 Å². The Bertz CT molecular complexity index is 116. The van der Waals surface area contributed by atoms with E-state index in [1.54, 1.807) is 0 Å². The molecule has 10 heavy (non-hydrogen) atoms. The van der Waals surface area contributed by atoms with Gasteiger partial charge in [-0.05, 0) is 12.8 Å². The van der Waals surface area contributed by atoms with Crippen LogP contribution in [0.5, 0.6) is 0 Å². The quantitative estimate of drug-likeness (QED) is 0.576. The predicted molar refractivity (Wildman–Crippen MR) is 36.2 cm³/mol. The topological polar surface area (TPSA) is 3.24 Å². The maximum atomic E-state index is 11.8. The normalized spacial score (nSPS) is 34.5. The van der Waals surface area contributed by atoms with E-state index in [1.165, 1.54) is 0 Å². The summed E-state index contributed by atoms with van der Waals surface area (Å²) in [5, 5.41) is 0. The van der Waals surface area contributed by atoms with Crippen LogP contribution < -0.4 is 0 Å². The Morgan fingerprint density at radius 1 is 1.50 bits per heavy atom. The lowest BCUT2D eigenvalue weighted by atomic mass is 9.92. The van der Waals surface area contributed by atoms with Gasteiger partial charge >= 0.3 is 0 Å². The van der Waals surface area contributed by atoms with Gasteiger partial charge in [-0.2, -0.15) is 0 Å². The molecule has 2 unspecified atom stereocenters. The highest BCUT2D eigenvalue weighted by atomic mass is 19.3. The molecule has 1 saturated heterocycles. The van der Waals surface area contributed by atoms with Crippen LogP contribution in [0.15, 0.2) is 0 Å². The smallest absolute Gasteiger partial charge is 0.251 e. The highest BCUT2D eigenvalue weighted by Crippen LogP contribution is 2.23. The van der Waals surface area contributed by atoms with Gasteiger partial charge in [-0.1, -0.05) is 6.92 Å². The third-order valence-electron chi connectivity index (χ3n) is 2.29. The van der Waals surface area contributed by atoms with Crippen LogP contribution in [0.25, 0.3) is 0 Å². The monoisotopic (exact) mass is 149 g/mol. The molecule has 0 aromatic carbocycles. The van der Waals surface area contributed by atoms with Crippen molar-refractivity contribution in [3.8, 4) is 0 Å². The van der Waals surface area contributed by atoms with Gasteiger partial charge < -0.3 is 0 Å². The van der Waals surface area contributed by atoms with E-state index in [0.717, 1.165) is 6.54 Å². The van der Waals surface area contributed by atoms with E-state index in [9.17, 15) is 8.78 Å². The summed E-state index contributed by atoms with van der Waals surface area (Å²) >= 11 is 0. The Hall–Kier alpha value is -0.180. The second-order valence-corrected chi connectivity index (χ2v) is 3.06. The van der Waals surface area contributed by atoms with Crippen molar-refractivity contribution >= 4 is 0 Å². The summed E-state index contributed by atoms with van der Waals surface area (Å²) in [4.78, 5) is 1.81. The zero-order chi connectivity index (χ0) is 7.72. The average Bonchev–Trinajstić information content (AvgIpc) is 1.86. The lowest BCUT2D eigenvalue weighted by molar-refractivity contribution is -0.0138. The largest absolute Gasteiger partial charge is 0.294 e. The first-order valence-electron chi connectivity index (χ1n) is 3.63. The van der Waals surface area contributed by atoms with Crippen LogP contribution in [-0.4, -0.2) is 30.5 Å². The number of hydrogen-bond donors (Lipinski definition) is 0. The SMILES string of the molecule is CC1CN(CC(F)F)C1C. The summed E-state index contributed by atoms with van der Waals surface area (Å²) < 4.78 is 23.5. The fourth-order valence-corrected chi connectivity index (χ4v) is 1.33. The van der Waals surface area contributed by atoms with Crippen LogP contribution in [-0.2, 0) is 0 Å². The van der Waals surface area contributed by atoms with Gasteiger partial charge in [-0.15, -0.1) is 0 Å². The molecule has 1 fully saturated rings. The van der Waals surface area contributed by atoms with Gasteiger partial charge in [0.1, 0.15) is 0 Å². The molecule has 0 aliphatic carbocycles. The predicted octanol–water partition coefficient (Wildman–Crippen LogP) is 1.59. The molecule has 1 rings (SSSR count). The van der Waals surface area contributed by atoms with Gasteiger partial charge in [0.2, 0.25) is 0 Å². The molecule has 0 radical (unpaired) electrons. The maximum Gasteiger partial charge on any atom is 0.251 e. The third kappa shape index (κ3) is 1.45. The van der Waals surface area contributed by atoms with Gasteiger partial charge in [0.15, 0.2) is 0 Å². The van der Waals surface area contributed by atoms with E-state index in [4.69, 9.17) is 0 Å². The van der Waals surface area contributed by atoms with Gasteiger partial charge in [0.25, 0.3) is 6.43 Å². The van der Waals surface area contributed by atoms with E-state index in [-0.39, 0.29) is 6.54 Å². The summed E-state index contributed by atoms with van der Waals surface area (Å²) in [6.45, 7) is 4.88. The number of hydrogen-bond acceptors (Lipinski definition) is 1. The number of likely N-dealkylation sites (tertiary alicyclic amines) is 1. The lowest BCUT2D eigenvalue weighted by Crippen LogP contribution is -2.54. The van der Waals surface area contributed by atoms with Crippen molar-refractivity contribution in [1.82, 2.24) is 4.90 Å². The Kier molecular flexibility index (Phi) is 2.24. The van der Waals surface area contributed by atoms with Gasteiger partial charge in [0.05, 0.1) is 6.54 Å². The molecule has 1 aliphatic rings. The van der Waals surface area contributed by atoms with Gasteiger partial charge in [-0.3, -0.25) is 4.90 Å². The molecule has 0 saturated carbocycles. The van der Waals surface area contributed by atoms with E-state index in [0.29, 0.717) is 12.0 Å². The molecule has 1 heterocycles. The van der Waals surface area contributed by atoms with E-state index < -0.39 is 6.43 Å². The van der Waals surface area contributed by atoms with Crippen LogP contribution in [0.4, 0.5) is 8.78 Å². The highest BCUT2D eigenvalue weighted by molar-refractivity contribution is 4.85. The number of rotatable bonds is 2. The molecule has 0 aromatic heterocycles. The molecule has 3 heteroatoms. The van der Waals surface area contributed by atoms with Crippen molar-refractivity contribution in [2.24, 2.45) is 5.92 Å². The minimum atomic E-state index is -2.17. The van der Waals surface area contributed by atoms with Crippen LogP contribution >= 0.6 is 0 Å². The molecule has 2 atom stereocenters. The Labute approximate surface area is 60.0 Å². The molecular formula is C7H13F2N. The van der Waals surface area contributed by atoms with Crippen LogP contribution in [0.1, 0.15) is 13.8 Å². The first-order chi connectivity index (χ1) is 4.61. The number of alkyl halides is 2. The van der Waals surface area contributed by atoms with Crippen molar-refractivity contribution in [2.75, 3.05) is 13.1 Å². The van der Waals surface area contributed by atoms with Crippen molar-refractivity contribution < 1.29 is 8.78 Å². The highest BCUT2D eigenvalue weighted by Gasteiger charge is 2.32. The molecule has 0 spiro atoms. The summed E-state index contributed by atoms with van der Waals surface area (Å²) in [7, 11) is 0. The lowest BCUT2D eigenvalue weighted by Gasteiger charge is -2.44. The van der Waals surface area contributed by atoms with Crippen molar-refractivity contribution in [1.29, 1.82) is 0 Å². The number of nitrogens with zero attached hydrogens (tertiary/aromatic N) is 1. The molecule has 0 amide bonds. The first-order valence-corrected chi connectivity index (χ1v) is 3.63. The Balaban J connectivity index is 2.20. The van der Waals surface area contributed by atoms with E-state index in [2.05, 4.69) is 6.92 Å². The minimum Gasteiger partial charge on any atom is -0.294 e. The van der Waals surface area contributed by atoms with Gasteiger partial charge in [0, 0.05) is 12.6 Å². The van der Waals surface area contributed by atoms with Crippen LogP contribution in [0, 0.1) is 5.92 Å². The second kappa shape index (κ2) is 2.82. The number of halogens is 2. The van der Waals surface area contributed by atoms with Crippen molar-refractivity contribution in [3.63, 3.8) is 0 Å². The fourth-order valence-electron chi connectivity index (χ4n) is 1.33. The van der Waals surface area contributed by atoms with E-state index >= 15 is 0 Å². The third-order valence-corrected chi connectivity index (χ3v) is 2.29. The molecule has 60 valence electrons. The zero-order valence-electron chi connectivity index (χ0n) is 6.35. The molecule has 0 N–H and O–H groups in total. The Morgan fingerprint density at radius 3 is 2.40 bits per heavy atom. The summed E-state index contributed by atoms with van der Waals surface area (Å²) in [5.41, 5.74) is 0. The molecule has 1 aliphatic heterocycles. The first kappa shape index (κ1) is 7.92. The Morgan fingerprint density at radius 2 is 2.10 bits per heavy atom. The molecule has 1 nitrogen and oxygen atoms in total. The van der Waals surface area contributed by atoms with Gasteiger partial charge in [-0.25, -0.2) is 8.78 Å².